The summed E-state index contributed by atoms with van der Waals surface area (Å²) in [5, 5.41) is 14.7. The van der Waals surface area contributed by atoms with E-state index in [1.807, 2.05) is 18.2 Å². The van der Waals surface area contributed by atoms with Crippen LogP contribution in [0, 0.1) is 0 Å². The van der Waals surface area contributed by atoms with E-state index in [1.54, 1.807) is 6.07 Å². The Morgan fingerprint density at radius 2 is 2.24 bits per heavy atom. The number of benzene rings is 1. The van der Waals surface area contributed by atoms with E-state index < -0.39 is 5.97 Å². The van der Waals surface area contributed by atoms with Gasteiger partial charge in [0.15, 0.2) is 0 Å². The second-order valence-corrected chi connectivity index (χ2v) is 5.49. The van der Waals surface area contributed by atoms with Crippen molar-refractivity contribution in [2.24, 2.45) is 0 Å². The molecule has 6 nitrogen and oxygen atoms in total. The molecule has 3 rings (SSSR count). The Morgan fingerprint density at radius 1 is 1.38 bits per heavy atom. The van der Waals surface area contributed by atoms with Gasteiger partial charge in [0, 0.05) is 10.6 Å². The SMILES string of the molecule is O=C1CSc2ccc(NCc3ccc(C(=O)O)o3)cc2N1. The summed E-state index contributed by atoms with van der Waals surface area (Å²) in [5.74, 6) is -0.217. The van der Waals surface area contributed by atoms with Gasteiger partial charge in [-0.3, -0.25) is 4.79 Å². The van der Waals surface area contributed by atoms with Crippen LogP contribution in [0.3, 0.4) is 0 Å². The third kappa shape index (κ3) is 3.03. The standard InChI is InChI=1S/C14H12N2O4S/c17-13-7-21-12-4-1-8(5-10(12)16-13)15-6-9-2-3-11(20-9)14(18)19/h1-5,15H,6-7H2,(H,16,17)(H,18,19). The number of thioether (sulfide) groups is 1. The molecule has 1 aliphatic rings. The minimum atomic E-state index is -1.09. The molecule has 0 unspecified atom stereocenters. The van der Waals surface area contributed by atoms with Gasteiger partial charge in [-0.1, -0.05) is 0 Å². The fraction of sp³-hybridized carbons (Fsp3) is 0.143. The van der Waals surface area contributed by atoms with Crippen molar-refractivity contribution in [3.8, 4) is 0 Å². The number of carboxylic acid groups (broad SMARTS) is 1. The summed E-state index contributed by atoms with van der Waals surface area (Å²) < 4.78 is 5.16. The number of hydrogen-bond donors (Lipinski definition) is 3. The van der Waals surface area contributed by atoms with Crippen molar-refractivity contribution in [1.29, 1.82) is 0 Å². The van der Waals surface area contributed by atoms with Gasteiger partial charge in [-0.05, 0) is 30.3 Å². The summed E-state index contributed by atoms with van der Waals surface area (Å²) in [5.41, 5.74) is 1.61. The molecule has 2 aromatic rings. The number of anilines is 2. The first-order valence-corrected chi connectivity index (χ1v) is 7.23. The number of rotatable bonds is 4. The number of aromatic carboxylic acids is 1. The van der Waals surface area contributed by atoms with E-state index in [0.29, 0.717) is 18.1 Å². The summed E-state index contributed by atoms with van der Waals surface area (Å²) in [6, 6.07) is 8.73. The molecule has 0 atom stereocenters. The summed E-state index contributed by atoms with van der Waals surface area (Å²) in [4.78, 5) is 23.1. The zero-order valence-electron chi connectivity index (χ0n) is 10.9. The van der Waals surface area contributed by atoms with E-state index in [2.05, 4.69) is 10.6 Å². The Bertz CT molecular complexity index is 711. The maximum Gasteiger partial charge on any atom is 0.371 e. The average Bonchev–Trinajstić information content (AvgIpc) is 2.93. The van der Waals surface area contributed by atoms with Gasteiger partial charge in [-0.25, -0.2) is 4.79 Å². The third-order valence-corrected chi connectivity index (χ3v) is 4.03. The molecular weight excluding hydrogens is 292 g/mol. The van der Waals surface area contributed by atoms with Gasteiger partial charge in [0.05, 0.1) is 18.0 Å². The predicted molar refractivity (Wildman–Crippen MR) is 78.8 cm³/mol. The highest BCUT2D eigenvalue weighted by molar-refractivity contribution is 8.00. The molecule has 1 amide bonds. The molecule has 0 saturated carbocycles. The Balaban J connectivity index is 1.69. The highest BCUT2D eigenvalue weighted by atomic mass is 32.2. The molecule has 1 aromatic carbocycles. The number of amides is 1. The van der Waals surface area contributed by atoms with Gasteiger partial charge >= 0.3 is 5.97 Å². The zero-order chi connectivity index (χ0) is 14.8. The number of carbonyl (C=O) groups is 2. The van der Waals surface area contributed by atoms with E-state index in [0.717, 1.165) is 16.3 Å². The third-order valence-electron chi connectivity index (χ3n) is 2.95. The lowest BCUT2D eigenvalue weighted by Gasteiger charge is -2.17. The number of furan rings is 1. The molecule has 0 aliphatic carbocycles. The minimum absolute atomic E-state index is 0.0122. The van der Waals surface area contributed by atoms with Gasteiger partial charge < -0.3 is 20.2 Å². The van der Waals surface area contributed by atoms with Crippen molar-refractivity contribution in [1.82, 2.24) is 0 Å². The van der Waals surface area contributed by atoms with Gasteiger partial charge in [0.1, 0.15) is 5.76 Å². The molecule has 0 saturated heterocycles. The Hall–Kier alpha value is -2.41. The maximum atomic E-state index is 11.4. The van der Waals surface area contributed by atoms with Crippen LogP contribution in [0.2, 0.25) is 0 Å². The molecule has 3 N–H and O–H groups in total. The quantitative estimate of drug-likeness (QED) is 0.804. The van der Waals surface area contributed by atoms with Crippen LogP contribution in [-0.2, 0) is 11.3 Å². The fourth-order valence-electron chi connectivity index (χ4n) is 1.97. The van der Waals surface area contributed by atoms with Crippen LogP contribution < -0.4 is 10.6 Å². The van der Waals surface area contributed by atoms with Crippen LogP contribution in [0.1, 0.15) is 16.3 Å². The first-order valence-electron chi connectivity index (χ1n) is 6.24. The van der Waals surface area contributed by atoms with Crippen molar-refractivity contribution < 1.29 is 19.1 Å². The van der Waals surface area contributed by atoms with E-state index >= 15 is 0 Å². The second kappa shape index (κ2) is 5.53. The normalized spacial score (nSPS) is 13.4. The van der Waals surface area contributed by atoms with Gasteiger partial charge in [-0.2, -0.15) is 0 Å². The molecule has 108 valence electrons. The predicted octanol–water partition coefficient (Wildman–Crippen LogP) is 2.63. The number of fused-ring (bicyclic) bond motifs is 1. The molecule has 2 heterocycles. The number of carbonyl (C=O) groups excluding carboxylic acids is 1. The molecule has 0 radical (unpaired) electrons. The van der Waals surface area contributed by atoms with Crippen LogP contribution in [0.15, 0.2) is 39.6 Å². The van der Waals surface area contributed by atoms with Gasteiger partial charge in [0.2, 0.25) is 11.7 Å². The van der Waals surface area contributed by atoms with Crippen LogP contribution in [0.5, 0.6) is 0 Å². The van der Waals surface area contributed by atoms with Crippen LogP contribution in [-0.4, -0.2) is 22.7 Å². The van der Waals surface area contributed by atoms with Crippen molar-refractivity contribution in [3.63, 3.8) is 0 Å². The summed E-state index contributed by atoms with van der Waals surface area (Å²) >= 11 is 1.50. The highest BCUT2D eigenvalue weighted by Gasteiger charge is 2.15. The Morgan fingerprint density at radius 3 is 3.00 bits per heavy atom. The first kappa shape index (κ1) is 13.6. The average molecular weight is 304 g/mol. The molecule has 0 spiro atoms. The largest absolute Gasteiger partial charge is 0.475 e. The summed E-state index contributed by atoms with van der Waals surface area (Å²) in [6.45, 7) is 0.368. The molecule has 21 heavy (non-hydrogen) atoms. The van der Waals surface area contributed by atoms with Gasteiger partial charge in [-0.15, -0.1) is 11.8 Å². The smallest absolute Gasteiger partial charge is 0.371 e. The first-order chi connectivity index (χ1) is 10.1. The molecule has 0 bridgehead atoms. The zero-order valence-corrected chi connectivity index (χ0v) is 11.7. The summed E-state index contributed by atoms with van der Waals surface area (Å²) in [7, 11) is 0. The molecule has 7 heteroatoms. The highest BCUT2D eigenvalue weighted by Crippen LogP contribution is 2.33. The Kier molecular flexibility index (Phi) is 3.57. The van der Waals surface area contributed by atoms with Crippen molar-refractivity contribution in [2.75, 3.05) is 16.4 Å². The van der Waals surface area contributed by atoms with E-state index in [9.17, 15) is 9.59 Å². The molecule has 1 aliphatic heterocycles. The number of nitrogens with one attached hydrogen (secondary N) is 2. The molecular formula is C14H12N2O4S. The topological polar surface area (TPSA) is 91.6 Å². The van der Waals surface area contributed by atoms with Crippen molar-refractivity contribution >= 4 is 35.0 Å². The second-order valence-electron chi connectivity index (χ2n) is 4.47. The lowest BCUT2D eigenvalue weighted by Crippen LogP contribution is -2.18. The monoisotopic (exact) mass is 304 g/mol. The van der Waals surface area contributed by atoms with Crippen LogP contribution in [0.25, 0.3) is 0 Å². The molecule has 0 fully saturated rings. The lowest BCUT2D eigenvalue weighted by molar-refractivity contribution is -0.113. The van der Waals surface area contributed by atoms with Crippen molar-refractivity contribution in [2.45, 2.75) is 11.4 Å². The number of hydrogen-bond acceptors (Lipinski definition) is 5. The van der Waals surface area contributed by atoms with E-state index in [4.69, 9.17) is 9.52 Å². The Labute approximate surface area is 124 Å². The van der Waals surface area contributed by atoms with E-state index in [1.165, 1.54) is 17.8 Å². The van der Waals surface area contributed by atoms with Crippen molar-refractivity contribution in [3.05, 3.63) is 41.9 Å². The maximum absolute atomic E-state index is 11.4. The minimum Gasteiger partial charge on any atom is -0.475 e. The van der Waals surface area contributed by atoms with Gasteiger partial charge in [0.25, 0.3) is 0 Å². The van der Waals surface area contributed by atoms with Crippen LogP contribution in [0.4, 0.5) is 11.4 Å². The molecule has 1 aromatic heterocycles. The fourth-order valence-corrected chi connectivity index (χ4v) is 2.76. The number of carboxylic acids is 1. The van der Waals surface area contributed by atoms with Crippen LogP contribution >= 0.6 is 11.8 Å². The van der Waals surface area contributed by atoms with E-state index in [-0.39, 0.29) is 11.7 Å². The lowest BCUT2D eigenvalue weighted by atomic mass is 10.2. The summed E-state index contributed by atoms with van der Waals surface area (Å²) in [6.07, 6.45) is 0.